The lowest BCUT2D eigenvalue weighted by molar-refractivity contribution is -0.178. The molecule has 0 spiro atoms. The number of hydrogen-bond acceptors (Lipinski definition) is 2. The number of hydrogen-bond donors (Lipinski definition) is 3. The fourth-order valence-corrected chi connectivity index (χ4v) is 4.42. The zero-order valence-corrected chi connectivity index (χ0v) is 16.0. The number of carbonyl (C=O) groups is 1. The fourth-order valence-electron chi connectivity index (χ4n) is 4.42. The molecule has 1 fully saturated rings. The van der Waals surface area contributed by atoms with Crippen LogP contribution in [0.25, 0.3) is 22.2 Å². The van der Waals surface area contributed by atoms with Crippen LogP contribution in [-0.4, -0.2) is 21.8 Å². The topological polar surface area (TPSA) is 78.9 Å². The van der Waals surface area contributed by atoms with E-state index in [2.05, 4.69) is 27.5 Å². The van der Waals surface area contributed by atoms with Crippen molar-refractivity contribution < 1.29 is 18.0 Å². The van der Waals surface area contributed by atoms with E-state index in [0.717, 1.165) is 12.8 Å². The van der Waals surface area contributed by atoms with Crippen LogP contribution < -0.4 is 16.3 Å². The molecule has 6 rings (SSSR count). The van der Waals surface area contributed by atoms with E-state index in [1.165, 1.54) is 12.1 Å². The number of halogens is 3. The standard InChI is InChI=1S/C22H15F3N4O2/c23-22(24,25)21(7-6-11-4-5-11)15-9-14-12(8-17(15)26-19(30)28-21)10-29-18-13(14)2-1-3-16(18)27-20(29)31/h1-3,8-9,11H,4-5,10H2,(H,27,31)(H2,26,28,30)/t21-/m0/s1. The van der Waals surface area contributed by atoms with Gasteiger partial charge in [0.1, 0.15) is 0 Å². The SMILES string of the molecule is O=C1Nc2cc3c(cc2[C@@](C#CC2CC2)(C(F)(F)F)N1)-c1cccc2[nH]c(=O)n(c12)C3. The minimum absolute atomic E-state index is 0.0455. The highest BCUT2D eigenvalue weighted by Crippen LogP contribution is 2.47. The van der Waals surface area contributed by atoms with E-state index < -0.39 is 17.7 Å². The molecule has 6 nitrogen and oxygen atoms in total. The fraction of sp³-hybridized carbons (Fsp3) is 0.273. The highest BCUT2D eigenvalue weighted by Gasteiger charge is 2.59. The van der Waals surface area contributed by atoms with Crippen LogP contribution in [0.5, 0.6) is 0 Å². The number of para-hydroxylation sites is 1. The number of aromatic nitrogens is 2. The van der Waals surface area contributed by atoms with Gasteiger partial charge in [-0.25, -0.2) is 9.59 Å². The van der Waals surface area contributed by atoms with Crippen molar-refractivity contribution in [1.82, 2.24) is 14.9 Å². The average molecular weight is 424 g/mol. The number of benzene rings is 2. The molecule has 3 heterocycles. The van der Waals surface area contributed by atoms with Gasteiger partial charge in [-0.3, -0.25) is 4.57 Å². The highest BCUT2D eigenvalue weighted by molar-refractivity contribution is 5.99. The number of H-pyrrole nitrogens is 1. The summed E-state index contributed by atoms with van der Waals surface area (Å²) < 4.78 is 44.8. The van der Waals surface area contributed by atoms with Crippen LogP contribution in [0.2, 0.25) is 0 Å². The molecule has 1 aliphatic carbocycles. The Kier molecular flexibility index (Phi) is 3.35. The van der Waals surface area contributed by atoms with Gasteiger partial charge in [0.2, 0.25) is 5.54 Å². The largest absolute Gasteiger partial charge is 0.427 e. The second-order valence-electron chi connectivity index (χ2n) is 8.14. The van der Waals surface area contributed by atoms with Crippen molar-refractivity contribution in [3.63, 3.8) is 0 Å². The predicted octanol–water partition coefficient (Wildman–Crippen LogP) is 3.66. The van der Waals surface area contributed by atoms with Crippen LogP contribution in [-0.2, 0) is 12.1 Å². The molecule has 0 unspecified atom stereocenters. The van der Waals surface area contributed by atoms with Gasteiger partial charge in [-0.2, -0.15) is 13.2 Å². The van der Waals surface area contributed by atoms with Crippen LogP contribution in [0.3, 0.4) is 0 Å². The minimum atomic E-state index is -4.83. The zero-order chi connectivity index (χ0) is 21.5. The molecule has 3 aromatic rings. The number of fused-ring (bicyclic) bond motifs is 3. The number of nitrogens with zero attached hydrogens (tertiary/aromatic N) is 1. The van der Waals surface area contributed by atoms with Crippen LogP contribution in [0, 0.1) is 17.8 Å². The average Bonchev–Trinajstić information content (AvgIpc) is 3.48. The lowest BCUT2D eigenvalue weighted by atomic mass is 9.82. The van der Waals surface area contributed by atoms with E-state index in [1.807, 2.05) is 0 Å². The molecule has 1 aromatic heterocycles. The third-order valence-electron chi connectivity index (χ3n) is 6.07. The minimum Gasteiger partial charge on any atom is -0.310 e. The smallest absolute Gasteiger partial charge is 0.310 e. The van der Waals surface area contributed by atoms with Gasteiger partial charge in [-0.05, 0) is 42.2 Å². The number of aromatic amines is 1. The maximum atomic E-state index is 14.4. The summed E-state index contributed by atoms with van der Waals surface area (Å²) >= 11 is 0. The third-order valence-corrected chi connectivity index (χ3v) is 6.07. The van der Waals surface area contributed by atoms with Gasteiger partial charge in [0.25, 0.3) is 0 Å². The maximum Gasteiger partial charge on any atom is 0.427 e. The molecular formula is C22H15F3N4O2. The third kappa shape index (κ3) is 2.48. The number of alkyl halides is 3. The van der Waals surface area contributed by atoms with Crippen LogP contribution >= 0.6 is 0 Å². The normalized spacial score (nSPS) is 21.5. The number of urea groups is 1. The first kappa shape index (κ1) is 18.1. The summed E-state index contributed by atoms with van der Waals surface area (Å²) in [6.07, 6.45) is -3.30. The van der Waals surface area contributed by atoms with Crippen molar-refractivity contribution in [3.05, 3.63) is 51.9 Å². The summed E-state index contributed by atoms with van der Waals surface area (Å²) in [6.45, 7) is 0.189. The molecule has 2 aromatic carbocycles. The van der Waals surface area contributed by atoms with Gasteiger partial charge < -0.3 is 15.6 Å². The number of amides is 2. The summed E-state index contributed by atoms with van der Waals surface area (Å²) in [7, 11) is 0. The van der Waals surface area contributed by atoms with Gasteiger partial charge in [0.15, 0.2) is 0 Å². The second kappa shape index (κ2) is 5.72. The van der Waals surface area contributed by atoms with E-state index >= 15 is 0 Å². The van der Waals surface area contributed by atoms with E-state index in [4.69, 9.17) is 0 Å². The van der Waals surface area contributed by atoms with E-state index in [-0.39, 0.29) is 29.4 Å². The molecule has 9 heteroatoms. The van der Waals surface area contributed by atoms with E-state index in [1.54, 1.807) is 22.8 Å². The Hall–Kier alpha value is -3.67. The van der Waals surface area contributed by atoms with E-state index in [0.29, 0.717) is 27.7 Å². The molecule has 0 saturated heterocycles. The summed E-state index contributed by atoms with van der Waals surface area (Å²) in [5, 5.41) is 4.54. The molecule has 3 N–H and O–H groups in total. The Morgan fingerprint density at radius 1 is 1.13 bits per heavy atom. The number of rotatable bonds is 0. The lowest BCUT2D eigenvalue weighted by Crippen LogP contribution is -2.59. The molecule has 2 aliphatic heterocycles. The molecule has 31 heavy (non-hydrogen) atoms. The molecule has 1 saturated carbocycles. The number of carbonyl (C=O) groups excluding carboxylic acids is 1. The summed E-state index contributed by atoms with van der Waals surface area (Å²) in [4.78, 5) is 27.4. The van der Waals surface area contributed by atoms with Crippen molar-refractivity contribution in [2.24, 2.45) is 5.92 Å². The first-order valence-electron chi connectivity index (χ1n) is 9.85. The molecule has 156 valence electrons. The van der Waals surface area contributed by atoms with Crippen molar-refractivity contribution in [1.29, 1.82) is 0 Å². The molecule has 2 amide bonds. The monoisotopic (exact) mass is 424 g/mol. The predicted molar refractivity (Wildman–Crippen MR) is 107 cm³/mol. The van der Waals surface area contributed by atoms with Crippen LogP contribution in [0.4, 0.5) is 23.7 Å². The Morgan fingerprint density at radius 2 is 1.94 bits per heavy atom. The lowest BCUT2D eigenvalue weighted by Gasteiger charge is -2.38. The molecule has 0 bridgehead atoms. The maximum absolute atomic E-state index is 14.4. The van der Waals surface area contributed by atoms with E-state index in [9.17, 15) is 22.8 Å². The molecule has 0 radical (unpaired) electrons. The Bertz CT molecular complexity index is 1420. The second-order valence-corrected chi connectivity index (χ2v) is 8.14. The number of imidazole rings is 1. The quantitative estimate of drug-likeness (QED) is 0.377. The number of anilines is 1. The zero-order valence-electron chi connectivity index (χ0n) is 16.0. The Labute approximate surface area is 173 Å². The first-order chi connectivity index (χ1) is 14.8. The molecule has 1 atom stereocenters. The van der Waals surface area contributed by atoms with Crippen molar-refractivity contribution in [3.8, 4) is 23.0 Å². The summed E-state index contributed by atoms with van der Waals surface area (Å²) in [5.41, 5.74) is -0.0383. The van der Waals surface area contributed by atoms with Crippen molar-refractivity contribution >= 4 is 22.8 Å². The van der Waals surface area contributed by atoms with Gasteiger partial charge in [-0.1, -0.05) is 24.0 Å². The van der Waals surface area contributed by atoms with Crippen molar-refractivity contribution in [2.45, 2.75) is 31.1 Å². The van der Waals surface area contributed by atoms with Crippen LogP contribution in [0.1, 0.15) is 24.0 Å². The Balaban J connectivity index is 1.65. The van der Waals surface area contributed by atoms with Gasteiger partial charge in [0.05, 0.1) is 17.6 Å². The van der Waals surface area contributed by atoms with Gasteiger partial charge >= 0.3 is 17.9 Å². The first-order valence-corrected chi connectivity index (χ1v) is 9.85. The summed E-state index contributed by atoms with van der Waals surface area (Å²) in [5.74, 6) is 4.99. The molecular weight excluding hydrogens is 409 g/mol. The summed E-state index contributed by atoms with van der Waals surface area (Å²) in [6, 6.07) is 7.27. The van der Waals surface area contributed by atoms with Crippen molar-refractivity contribution in [2.75, 3.05) is 5.32 Å². The Morgan fingerprint density at radius 3 is 2.68 bits per heavy atom. The number of nitrogens with one attached hydrogen (secondary N) is 3. The molecule has 3 aliphatic rings. The van der Waals surface area contributed by atoms with Gasteiger partial charge in [0, 0.05) is 22.7 Å². The van der Waals surface area contributed by atoms with Crippen LogP contribution in [0.15, 0.2) is 35.1 Å². The highest BCUT2D eigenvalue weighted by atomic mass is 19.4. The van der Waals surface area contributed by atoms with Gasteiger partial charge in [-0.15, -0.1) is 0 Å².